The standard InChI is InChI=1S/C15H19N5O3/c1-9(2)14-16-13(19-23-14)11-5-4-8-20(11)15(21)10-6-7-12(22-3)18-17-10/h6-7,9,11H,4-5,8H2,1-3H3/t11-/m0/s1. The average molecular weight is 317 g/mol. The summed E-state index contributed by atoms with van der Waals surface area (Å²) in [6.45, 7) is 4.62. The molecule has 1 aliphatic rings. The summed E-state index contributed by atoms with van der Waals surface area (Å²) in [5.41, 5.74) is 0.283. The van der Waals surface area contributed by atoms with Crippen molar-refractivity contribution in [2.24, 2.45) is 0 Å². The van der Waals surface area contributed by atoms with Crippen LogP contribution in [-0.4, -0.2) is 44.8 Å². The molecule has 0 aromatic carbocycles. The van der Waals surface area contributed by atoms with Gasteiger partial charge in [-0.15, -0.1) is 10.2 Å². The van der Waals surface area contributed by atoms with E-state index in [2.05, 4.69) is 20.3 Å². The Morgan fingerprint density at radius 2 is 2.22 bits per heavy atom. The molecule has 3 heterocycles. The third-order valence-electron chi connectivity index (χ3n) is 3.83. The zero-order valence-corrected chi connectivity index (χ0v) is 13.4. The largest absolute Gasteiger partial charge is 0.480 e. The minimum Gasteiger partial charge on any atom is -0.480 e. The molecule has 0 unspecified atom stereocenters. The summed E-state index contributed by atoms with van der Waals surface area (Å²) in [6, 6.07) is 3.05. The first kappa shape index (κ1) is 15.4. The van der Waals surface area contributed by atoms with Gasteiger partial charge in [0, 0.05) is 18.5 Å². The van der Waals surface area contributed by atoms with Crippen molar-refractivity contribution in [2.45, 2.75) is 38.6 Å². The van der Waals surface area contributed by atoms with Gasteiger partial charge in [0.2, 0.25) is 11.8 Å². The lowest BCUT2D eigenvalue weighted by atomic mass is 10.2. The van der Waals surface area contributed by atoms with Gasteiger partial charge in [0.25, 0.3) is 5.91 Å². The molecular formula is C15H19N5O3. The Kier molecular flexibility index (Phi) is 4.22. The van der Waals surface area contributed by atoms with E-state index < -0.39 is 0 Å². The molecule has 1 atom stereocenters. The molecule has 8 nitrogen and oxygen atoms in total. The highest BCUT2D eigenvalue weighted by Crippen LogP contribution is 2.31. The van der Waals surface area contributed by atoms with Crippen LogP contribution in [0.2, 0.25) is 0 Å². The highest BCUT2D eigenvalue weighted by atomic mass is 16.5. The number of rotatable bonds is 4. The van der Waals surface area contributed by atoms with Gasteiger partial charge in [-0.1, -0.05) is 19.0 Å². The van der Waals surface area contributed by atoms with Crippen LogP contribution in [0.5, 0.6) is 5.88 Å². The minimum absolute atomic E-state index is 0.161. The van der Waals surface area contributed by atoms with Gasteiger partial charge in [0.1, 0.15) is 0 Å². The van der Waals surface area contributed by atoms with E-state index in [-0.39, 0.29) is 23.6 Å². The van der Waals surface area contributed by atoms with Crippen LogP contribution in [0.25, 0.3) is 0 Å². The topological polar surface area (TPSA) is 94.2 Å². The fraction of sp³-hybridized carbons (Fsp3) is 0.533. The molecule has 0 N–H and O–H groups in total. The van der Waals surface area contributed by atoms with E-state index in [9.17, 15) is 4.79 Å². The van der Waals surface area contributed by atoms with E-state index in [4.69, 9.17) is 9.26 Å². The predicted molar refractivity (Wildman–Crippen MR) is 80.0 cm³/mol. The van der Waals surface area contributed by atoms with Crippen molar-refractivity contribution >= 4 is 5.91 Å². The van der Waals surface area contributed by atoms with Gasteiger partial charge in [0.05, 0.1) is 13.2 Å². The Labute approximate surface area is 133 Å². The molecule has 0 spiro atoms. The number of likely N-dealkylation sites (tertiary alicyclic amines) is 1. The molecule has 1 aliphatic heterocycles. The van der Waals surface area contributed by atoms with E-state index in [0.717, 1.165) is 12.8 Å². The SMILES string of the molecule is COc1ccc(C(=O)N2CCC[C@H]2c2noc(C(C)C)n2)nn1. The van der Waals surface area contributed by atoms with Crippen LogP contribution in [0.3, 0.4) is 0 Å². The molecule has 0 saturated carbocycles. The Morgan fingerprint density at radius 3 is 2.83 bits per heavy atom. The molecule has 1 fully saturated rings. The minimum atomic E-state index is -0.182. The summed E-state index contributed by atoms with van der Waals surface area (Å²) < 4.78 is 10.2. The van der Waals surface area contributed by atoms with Gasteiger partial charge in [-0.3, -0.25) is 4.79 Å². The molecule has 2 aromatic rings. The normalized spacial score (nSPS) is 17.7. The number of hydrogen-bond donors (Lipinski definition) is 0. The number of carbonyl (C=O) groups is 1. The van der Waals surface area contributed by atoms with Gasteiger partial charge in [-0.2, -0.15) is 4.98 Å². The summed E-state index contributed by atoms with van der Waals surface area (Å²) in [5, 5.41) is 11.8. The van der Waals surface area contributed by atoms with Crippen LogP contribution >= 0.6 is 0 Å². The lowest BCUT2D eigenvalue weighted by Crippen LogP contribution is -2.31. The van der Waals surface area contributed by atoms with Crippen LogP contribution in [0.4, 0.5) is 0 Å². The first-order valence-corrected chi connectivity index (χ1v) is 7.62. The second kappa shape index (κ2) is 6.31. The molecule has 2 aromatic heterocycles. The number of carbonyl (C=O) groups excluding carboxylic acids is 1. The molecule has 122 valence electrons. The highest BCUT2D eigenvalue weighted by Gasteiger charge is 2.34. The third kappa shape index (κ3) is 3.01. The van der Waals surface area contributed by atoms with Gasteiger partial charge in [-0.25, -0.2) is 0 Å². The Hall–Kier alpha value is -2.51. The molecule has 1 saturated heterocycles. The lowest BCUT2D eigenvalue weighted by molar-refractivity contribution is 0.0721. The van der Waals surface area contributed by atoms with Gasteiger partial charge >= 0.3 is 0 Å². The van der Waals surface area contributed by atoms with Crippen molar-refractivity contribution in [2.75, 3.05) is 13.7 Å². The summed E-state index contributed by atoms with van der Waals surface area (Å²) in [7, 11) is 1.50. The summed E-state index contributed by atoms with van der Waals surface area (Å²) in [4.78, 5) is 18.8. The van der Waals surface area contributed by atoms with Crippen LogP contribution < -0.4 is 4.74 Å². The molecule has 0 aliphatic carbocycles. The van der Waals surface area contributed by atoms with E-state index in [1.165, 1.54) is 7.11 Å². The average Bonchev–Trinajstić information content (AvgIpc) is 3.22. The van der Waals surface area contributed by atoms with Crippen LogP contribution in [0, 0.1) is 0 Å². The fourth-order valence-electron chi connectivity index (χ4n) is 2.59. The number of nitrogens with zero attached hydrogens (tertiary/aromatic N) is 5. The maximum Gasteiger partial charge on any atom is 0.274 e. The molecule has 23 heavy (non-hydrogen) atoms. The molecule has 0 radical (unpaired) electrons. The maximum absolute atomic E-state index is 12.7. The smallest absolute Gasteiger partial charge is 0.274 e. The number of aromatic nitrogens is 4. The van der Waals surface area contributed by atoms with E-state index in [0.29, 0.717) is 24.1 Å². The van der Waals surface area contributed by atoms with Crippen LogP contribution in [0.15, 0.2) is 16.7 Å². The second-order valence-electron chi connectivity index (χ2n) is 5.76. The van der Waals surface area contributed by atoms with Crippen molar-refractivity contribution in [3.63, 3.8) is 0 Å². The zero-order valence-electron chi connectivity index (χ0n) is 13.4. The zero-order chi connectivity index (χ0) is 16.4. The van der Waals surface area contributed by atoms with Crippen molar-refractivity contribution < 1.29 is 14.1 Å². The maximum atomic E-state index is 12.7. The van der Waals surface area contributed by atoms with Gasteiger partial charge < -0.3 is 14.2 Å². The first-order valence-electron chi connectivity index (χ1n) is 7.62. The molecule has 1 amide bonds. The Balaban J connectivity index is 1.80. The number of amides is 1. The second-order valence-corrected chi connectivity index (χ2v) is 5.76. The number of ether oxygens (including phenoxy) is 1. The van der Waals surface area contributed by atoms with E-state index >= 15 is 0 Å². The predicted octanol–water partition coefficient (Wildman–Crippen LogP) is 1.97. The lowest BCUT2D eigenvalue weighted by Gasteiger charge is -2.21. The number of methoxy groups -OCH3 is 1. The van der Waals surface area contributed by atoms with Crippen LogP contribution in [0.1, 0.15) is 60.9 Å². The van der Waals surface area contributed by atoms with Crippen molar-refractivity contribution in [1.29, 1.82) is 0 Å². The monoisotopic (exact) mass is 317 g/mol. The fourth-order valence-corrected chi connectivity index (χ4v) is 2.59. The third-order valence-corrected chi connectivity index (χ3v) is 3.83. The molecule has 0 bridgehead atoms. The highest BCUT2D eigenvalue weighted by molar-refractivity contribution is 5.92. The summed E-state index contributed by atoms with van der Waals surface area (Å²) in [5.74, 6) is 1.50. The van der Waals surface area contributed by atoms with Crippen LogP contribution in [-0.2, 0) is 0 Å². The summed E-state index contributed by atoms with van der Waals surface area (Å²) >= 11 is 0. The van der Waals surface area contributed by atoms with E-state index in [1.807, 2.05) is 13.8 Å². The van der Waals surface area contributed by atoms with Crippen molar-refractivity contribution in [1.82, 2.24) is 25.2 Å². The number of hydrogen-bond acceptors (Lipinski definition) is 7. The van der Waals surface area contributed by atoms with Gasteiger partial charge in [0.15, 0.2) is 11.5 Å². The summed E-state index contributed by atoms with van der Waals surface area (Å²) in [6.07, 6.45) is 1.71. The van der Waals surface area contributed by atoms with E-state index in [1.54, 1.807) is 17.0 Å². The molecule has 3 rings (SSSR count). The quantitative estimate of drug-likeness (QED) is 0.850. The van der Waals surface area contributed by atoms with Crippen molar-refractivity contribution in [3.05, 3.63) is 29.5 Å². The molecule has 8 heteroatoms. The van der Waals surface area contributed by atoms with Crippen molar-refractivity contribution in [3.8, 4) is 5.88 Å². The molecular weight excluding hydrogens is 298 g/mol. The Morgan fingerprint density at radius 1 is 1.39 bits per heavy atom. The first-order chi connectivity index (χ1) is 11.1. The Bertz CT molecular complexity index is 683. The van der Waals surface area contributed by atoms with Gasteiger partial charge in [-0.05, 0) is 18.9 Å².